The first kappa shape index (κ1) is 10.3. The van der Waals surface area contributed by atoms with Crippen LogP contribution in [0.2, 0.25) is 0 Å². The van der Waals surface area contributed by atoms with Gasteiger partial charge in [0.05, 0.1) is 12.1 Å². The van der Waals surface area contributed by atoms with Gasteiger partial charge >= 0.3 is 12.0 Å². The van der Waals surface area contributed by atoms with E-state index in [-0.39, 0.29) is 18.1 Å². The van der Waals surface area contributed by atoms with Gasteiger partial charge in [-0.2, -0.15) is 11.8 Å². The maximum Gasteiger partial charge on any atom is 0.315 e. The third-order valence-electron chi connectivity index (χ3n) is 3.06. The fourth-order valence-electron chi connectivity index (χ4n) is 2.26. The maximum atomic E-state index is 11.1. The maximum absolute atomic E-state index is 11.1. The summed E-state index contributed by atoms with van der Waals surface area (Å²) in [6.07, 6.45) is 2.96. The number of urea groups is 1. The van der Waals surface area contributed by atoms with Crippen molar-refractivity contribution in [2.75, 3.05) is 5.75 Å². The molecule has 2 saturated heterocycles. The average molecular weight is 246 g/mol. The molecule has 0 aromatic rings. The highest BCUT2D eigenvalue weighted by Gasteiger charge is 2.42. The van der Waals surface area contributed by atoms with E-state index in [0.29, 0.717) is 11.7 Å². The van der Waals surface area contributed by atoms with Crippen LogP contribution >= 0.6 is 11.8 Å². The van der Waals surface area contributed by atoms with E-state index in [0.717, 1.165) is 25.0 Å². The summed E-state index contributed by atoms with van der Waals surface area (Å²) in [5, 5.41) is 10.1. The van der Waals surface area contributed by atoms with Gasteiger partial charge in [0.15, 0.2) is 0 Å². The molecule has 2 aliphatic rings. The third-order valence-corrected chi connectivity index (χ3v) is 4.57. The van der Waals surface area contributed by atoms with Crippen molar-refractivity contribution in [3.63, 3.8) is 0 Å². The second-order valence-corrected chi connectivity index (χ2v) is 5.51. The van der Waals surface area contributed by atoms with Crippen LogP contribution in [0.4, 0.5) is 4.79 Å². The minimum atomic E-state index is -0.474. The molecule has 0 radical (unpaired) electrons. The van der Waals surface area contributed by atoms with E-state index in [4.69, 9.17) is 1.43 Å². The van der Waals surface area contributed by atoms with Gasteiger partial charge in [0.1, 0.15) is 0 Å². The van der Waals surface area contributed by atoms with Crippen LogP contribution < -0.4 is 10.6 Å². The lowest BCUT2D eigenvalue weighted by Crippen LogP contribution is -2.36. The Morgan fingerprint density at radius 3 is 3.25 bits per heavy atom. The lowest BCUT2D eigenvalue weighted by Gasteiger charge is -2.16. The summed E-state index contributed by atoms with van der Waals surface area (Å²) < 4.78 is 6.42. The van der Waals surface area contributed by atoms with Crippen LogP contribution in [0.15, 0.2) is 0 Å². The van der Waals surface area contributed by atoms with Gasteiger partial charge in [0.2, 0.25) is 0 Å². The van der Waals surface area contributed by atoms with Gasteiger partial charge in [-0.25, -0.2) is 4.79 Å². The van der Waals surface area contributed by atoms with E-state index in [9.17, 15) is 9.59 Å². The zero-order chi connectivity index (χ0) is 12.3. The van der Waals surface area contributed by atoms with Gasteiger partial charge in [-0.05, 0) is 12.8 Å². The van der Waals surface area contributed by atoms with Crippen LogP contribution in [0.1, 0.15) is 25.7 Å². The van der Waals surface area contributed by atoms with E-state index < -0.39 is 5.97 Å². The number of thioether (sulfide) groups is 1. The first-order valence-corrected chi connectivity index (χ1v) is 6.60. The zero-order valence-corrected chi connectivity index (χ0v) is 9.72. The summed E-state index contributed by atoms with van der Waals surface area (Å²) in [7, 11) is 0. The van der Waals surface area contributed by atoms with Crippen molar-refractivity contribution in [2.24, 2.45) is 0 Å². The predicted molar refractivity (Wildman–Crippen MR) is 61.6 cm³/mol. The molecule has 0 saturated carbocycles. The van der Waals surface area contributed by atoms with Gasteiger partial charge < -0.3 is 15.7 Å². The fraction of sp³-hybridized carbons (Fsp3) is 0.800. The Kier molecular flexibility index (Phi) is 3.17. The molecule has 2 heterocycles. The first-order chi connectivity index (χ1) is 8.20. The average Bonchev–Trinajstić information content (AvgIpc) is 2.84. The van der Waals surface area contributed by atoms with Crippen molar-refractivity contribution in [3.8, 4) is 0 Å². The second-order valence-electron chi connectivity index (χ2n) is 4.24. The number of fused-ring (bicyclic) bond motifs is 1. The normalized spacial score (nSPS) is 32.6. The highest BCUT2D eigenvalue weighted by atomic mass is 32.2. The van der Waals surface area contributed by atoms with Crippen LogP contribution in [-0.4, -0.2) is 40.2 Å². The van der Waals surface area contributed by atoms with Gasteiger partial charge in [0.25, 0.3) is 1.43 Å². The molecular formula is C10H16N2O3S. The molecule has 90 valence electrons. The van der Waals surface area contributed by atoms with Gasteiger partial charge in [0, 0.05) is 17.4 Å². The number of nitrogens with one attached hydrogen (secondary N) is 2. The third kappa shape index (κ3) is 2.61. The number of carbonyl (C=O) groups is 2. The van der Waals surface area contributed by atoms with Crippen molar-refractivity contribution >= 4 is 23.8 Å². The van der Waals surface area contributed by atoms with Gasteiger partial charge in [-0.1, -0.05) is 6.42 Å². The van der Waals surface area contributed by atoms with E-state index in [1.165, 1.54) is 0 Å². The van der Waals surface area contributed by atoms with Gasteiger partial charge in [-0.15, -0.1) is 0 Å². The lowest BCUT2D eigenvalue weighted by molar-refractivity contribution is -0.137. The van der Waals surface area contributed by atoms with E-state index in [1.54, 1.807) is 0 Å². The molecule has 2 rings (SSSR count). The molecule has 5 nitrogen and oxygen atoms in total. The Morgan fingerprint density at radius 2 is 2.44 bits per heavy atom. The van der Waals surface area contributed by atoms with Crippen molar-refractivity contribution < 1.29 is 14.7 Å². The number of hydrogen-bond donors (Lipinski definition) is 3. The van der Waals surface area contributed by atoms with Crippen LogP contribution in [0.25, 0.3) is 1.43 Å². The Morgan fingerprint density at radius 1 is 1.56 bits per heavy atom. The SMILES string of the molecule is [3H]OC(=O)CCCCC1SCC2NC(=O)NC21. The molecule has 2 fully saturated rings. The van der Waals surface area contributed by atoms with Crippen LogP contribution in [0.3, 0.4) is 0 Å². The molecule has 0 aromatic heterocycles. The molecule has 0 aliphatic carbocycles. The number of amides is 2. The molecule has 3 N–H and O–H groups in total. The number of hydrogen-bond acceptors (Lipinski definition) is 4. The quantitative estimate of drug-likeness (QED) is 0.495. The van der Waals surface area contributed by atoms with E-state index in [1.807, 2.05) is 11.8 Å². The topological polar surface area (TPSA) is 78.4 Å². The largest absolute Gasteiger partial charge is 0.481 e. The summed E-state index contributed by atoms with van der Waals surface area (Å²) >= 11 is 1.87. The summed E-state index contributed by atoms with van der Waals surface area (Å²) in [6.45, 7) is 0. The number of rotatable bonds is 5. The zero-order valence-electron chi connectivity index (χ0n) is 9.90. The molecule has 3 atom stereocenters. The fourth-order valence-corrected chi connectivity index (χ4v) is 3.80. The first-order valence-electron chi connectivity index (χ1n) is 5.96. The van der Waals surface area contributed by atoms with Crippen molar-refractivity contribution in [1.82, 2.24) is 10.6 Å². The molecule has 2 aliphatic heterocycles. The molecule has 16 heavy (non-hydrogen) atoms. The van der Waals surface area contributed by atoms with Crippen LogP contribution in [0.5, 0.6) is 0 Å². The Labute approximate surface area is 99.8 Å². The number of carbonyl (C=O) groups excluding carboxylic acids is 1. The minimum absolute atomic E-state index is 0.0666. The van der Waals surface area contributed by atoms with Crippen LogP contribution in [-0.2, 0) is 4.79 Å². The smallest absolute Gasteiger partial charge is 0.315 e. The number of carboxylic acid groups (broad SMARTS) is 1. The van der Waals surface area contributed by atoms with Crippen molar-refractivity contribution in [2.45, 2.75) is 43.0 Å². The molecule has 3 unspecified atom stereocenters. The lowest BCUT2D eigenvalue weighted by atomic mass is 10.0. The van der Waals surface area contributed by atoms with E-state index in [2.05, 4.69) is 15.7 Å². The number of aliphatic carboxylic acids is 1. The predicted octanol–water partition coefficient (Wildman–Crippen LogP) is 0.797. The Bertz CT molecular complexity index is 316. The molecular weight excluding hydrogens is 228 g/mol. The summed E-state index contributed by atoms with van der Waals surface area (Å²) in [6, 6.07) is 0.425. The summed E-state index contributed by atoms with van der Waals surface area (Å²) in [4.78, 5) is 21.9. The molecule has 6 heteroatoms. The molecule has 0 bridgehead atoms. The molecule has 2 amide bonds. The molecule has 0 spiro atoms. The van der Waals surface area contributed by atoms with Gasteiger partial charge in [-0.3, -0.25) is 4.79 Å². The summed E-state index contributed by atoms with van der Waals surface area (Å²) in [5.74, 6) is 0.487. The highest BCUT2D eigenvalue weighted by molar-refractivity contribution is 8.00. The number of carboxylic acids is 1. The van der Waals surface area contributed by atoms with Crippen molar-refractivity contribution in [1.29, 1.82) is 1.43 Å². The van der Waals surface area contributed by atoms with Crippen molar-refractivity contribution in [3.05, 3.63) is 0 Å². The summed E-state index contributed by atoms with van der Waals surface area (Å²) in [5.41, 5.74) is 0. The second kappa shape index (κ2) is 4.95. The highest BCUT2D eigenvalue weighted by Crippen LogP contribution is 2.33. The van der Waals surface area contributed by atoms with E-state index >= 15 is 0 Å². The standard InChI is InChI=1S/C10H16N2O3S/c13-8(14)4-2-1-3-7-9-6(5-16-7)11-10(15)12-9/h6-7,9H,1-5H2,(H,13,14)(H2,11,12,15)/i/hT. The monoisotopic (exact) mass is 246 g/mol. The number of unbranched alkanes of at least 4 members (excludes halogenated alkanes) is 1. The molecule has 0 aromatic carbocycles. The Hall–Kier alpha value is -0.910. The van der Waals surface area contributed by atoms with Crippen LogP contribution in [0, 0.1) is 0 Å². The Balaban J connectivity index is 1.66. The minimum Gasteiger partial charge on any atom is -0.481 e.